The van der Waals surface area contributed by atoms with Crippen LogP contribution in [0, 0.1) is 5.92 Å². The summed E-state index contributed by atoms with van der Waals surface area (Å²) in [6, 6.07) is -0.531. The quantitative estimate of drug-likeness (QED) is 0.770. The number of sulfonamides is 1. The molecule has 1 aliphatic heterocycles. The molecule has 0 radical (unpaired) electrons. The zero-order valence-corrected chi connectivity index (χ0v) is 13.7. The zero-order valence-electron chi connectivity index (χ0n) is 12.9. The van der Waals surface area contributed by atoms with Crippen molar-refractivity contribution in [2.45, 2.75) is 51.2 Å². The predicted molar refractivity (Wildman–Crippen MR) is 80.2 cm³/mol. The molecule has 0 aromatic rings. The second-order valence-electron chi connectivity index (χ2n) is 6.29. The molecule has 1 aliphatic carbocycles. The van der Waals surface area contributed by atoms with E-state index in [-0.39, 0.29) is 17.8 Å². The minimum absolute atomic E-state index is 0.103. The van der Waals surface area contributed by atoms with Gasteiger partial charge in [0.05, 0.1) is 11.9 Å². The van der Waals surface area contributed by atoms with Crippen LogP contribution in [-0.2, 0) is 14.8 Å². The number of nitrogens with zero attached hydrogens (tertiary/aromatic N) is 2. The third-order valence-electron chi connectivity index (χ3n) is 4.43. The number of aliphatic hydroxyl groups excluding tert-OH is 1. The molecule has 0 aromatic heterocycles. The predicted octanol–water partition coefficient (Wildman–Crippen LogP) is 0.420. The molecule has 1 atom stereocenters. The maximum Gasteiger partial charge on any atom is 0.240 e. The van der Waals surface area contributed by atoms with E-state index in [0.29, 0.717) is 31.8 Å². The molecule has 0 aromatic carbocycles. The van der Waals surface area contributed by atoms with Gasteiger partial charge >= 0.3 is 0 Å². The van der Waals surface area contributed by atoms with E-state index in [1.807, 2.05) is 6.92 Å². The summed E-state index contributed by atoms with van der Waals surface area (Å²) in [6.45, 7) is 2.89. The van der Waals surface area contributed by atoms with Gasteiger partial charge < -0.3 is 10.0 Å². The number of carbonyl (C=O) groups is 1. The fraction of sp³-hybridized carbons (Fsp3) is 0.929. The Hall–Kier alpha value is -0.660. The molecule has 1 unspecified atom stereocenters. The Kier molecular flexibility index (Phi) is 5.27. The van der Waals surface area contributed by atoms with Crippen LogP contribution < -0.4 is 0 Å². The third-order valence-corrected chi connectivity index (χ3v) is 6.50. The minimum atomic E-state index is -3.32. The van der Waals surface area contributed by atoms with Gasteiger partial charge in [0.25, 0.3) is 0 Å². The summed E-state index contributed by atoms with van der Waals surface area (Å²) < 4.78 is 25.8. The van der Waals surface area contributed by atoms with Crippen LogP contribution in [0.4, 0.5) is 0 Å². The van der Waals surface area contributed by atoms with Crippen molar-refractivity contribution in [1.29, 1.82) is 0 Å². The number of rotatable bonds is 6. The van der Waals surface area contributed by atoms with E-state index < -0.39 is 16.1 Å². The van der Waals surface area contributed by atoms with Crippen LogP contribution in [0.15, 0.2) is 0 Å². The lowest BCUT2D eigenvalue weighted by Gasteiger charge is -2.36. The Bertz CT molecular complexity index is 473. The zero-order chi connectivity index (χ0) is 15.6. The molecular formula is C14H26N2O4S. The van der Waals surface area contributed by atoms with Crippen molar-refractivity contribution in [3.05, 3.63) is 0 Å². The van der Waals surface area contributed by atoms with Crippen LogP contribution in [0.2, 0.25) is 0 Å². The molecule has 1 saturated heterocycles. The molecule has 122 valence electrons. The highest BCUT2D eigenvalue weighted by molar-refractivity contribution is 7.89. The fourth-order valence-electron chi connectivity index (χ4n) is 3.28. The molecule has 0 spiro atoms. The van der Waals surface area contributed by atoms with Crippen LogP contribution in [0.3, 0.4) is 0 Å². The largest absolute Gasteiger partial charge is 0.393 e. The van der Waals surface area contributed by atoms with Crippen molar-refractivity contribution in [1.82, 2.24) is 9.21 Å². The van der Waals surface area contributed by atoms with Gasteiger partial charge in [-0.05, 0) is 38.0 Å². The normalized spacial score (nSPS) is 30.1. The van der Waals surface area contributed by atoms with E-state index in [4.69, 9.17) is 0 Å². The summed E-state index contributed by atoms with van der Waals surface area (Å²) in [6.07, 6.45) is 3.16. The van der Waals surface area contributed by atoms with E-state index >= 15 is 0 Å². The van der Waals surface area contributed by atoms with Crippen molar-refractivity contribution < 1.29 is 18.3 Å². The average Bonchev–Trinajstić information content (AvgIpc) is 2.85. The fourth-order valence-corrected chi connectivity index (χ4v) is 5.02. The van der Waals surface area contributed by atoms with Gasteiger partial charge in [0.1, 0.15) is 6.04 Å². The summed E-state index contributed by atoms with van der Waals surface area (Å²) in [7, 11) is -1.59. The van der Waals surface area contributed by atoms with Crippen molar-refractivity contribution in [3.8, 4) is 0 Å². The first-order valence-corrected chi connectivity index (χ1v) is 9.38. The Labute approximate surface area is 127 Å². The molecule has 6 nitrogen and oxygen atoms in total. The Morgan fingerprint density at radius 1 is 1.38 bits per heavy atom. The summed E-state index contributed by atoms with van der Waals surface area (Å²) in [5.41, 5.74) is 0. The number of carbonyl (C=O) groups excluding carboxylic acids is 1. The summed E-state index contributed by atoms with van der Waals surface area (Å²) >= 11 is 0. The SMILES string of the molecule is CCCS(=O)(=O)N1CCCC1C(=O)N(C)CC1CC(O)C1. The molecule has 2 rings (SSSR count). The van der Waals surface area contributed by atoms with Gasteiger partial charge in [-0.25, -0.2) is 8.42 Å². The number of aliphatic hydroxyl groups is 1. The second-order valence-corrected chi connectivity index (χ2v) is 8.34. The summed E-state index contributed by atoms with van der Waals surface area (Å²) in [4.78, 5) is 14.2. The maximum absolute atomic E-state index is 12.5. The van der Waals surface area contributed by atoms with Gasteiger partial charge in [-0.2, -0.15) is 4.31 Å². The van der Waals surface area contributed by atoms with Crippen LogP contribution in [0.1, 0.15) is 39.0 Å². The molecule has 1 amide bonds. The maximum atomic E-state index is 12.5. The molecule has 1 heterocycles. The van der Waals surface area contributed by atoms with E-state index in [1.54, 1.807) is 11.9 Å². The van der Waals surface area contributed by atoms with Gasteiger partial charge in [0.2, 0.25) is 15.9 Å². The van der Waals surface area contributed by atoms with Crippen molar-refractivity contribution in [2.24, 2.45) is 5.92 Å². The van der Waals surface area contributed by atoms with Crippen LogP contribution >= 0.6 is 0 Å². The highest BCUT2D eigenvalue weighted by Gasteiger charge is 2.40. The first-order valence-electron chi connectivity index (χ1n) is 7.77. The molecule has 1 saturated carbocycles. The van der Waals surface area contributed by atoms with Gasteiger partial charge in [-0.3, -0.25) is 4.79 Å². The van der Waals surface area contributed by atoms with Gasteiger partial charge in [-0.1, -0.05) is 6.92 Å². The second kappa shape index (κ2) is 6.62. The standard InChI is InChI=1S/C14H26N2O4S/c1-3-7-21(19,20)16-6-4-5-13(16)14(18)15(2)10-11-8-12(17)9-11/h11-13,17H,3-10H2,1-2H3. The Balaban J connectivity index is 1.97. The third kappa shape index (κ3) is 3.76. The highest BCUT2D eigenvalue weighted by atomic mass is 32.2. The van der Waals surface area contributed by atoms with Gasteiger partial charge in [0.15, 0.2) is 0 Å². The first kappa shape index (κ1) is 16.7. The minimum Gasteiger partial charge on any atom is -0.393 e. The van der Waals surface area contributed by atoms with E-state index in [9.17, 15) is 18.3 Å². The molecule has 2 aliphatic rings. The Morgan fingerprint density at radius 3 is 2.62 bits per heavy atom. The smallest absolute Gasteiger partial charge is 0.240 e. The van der Waals surface area contributed by atoms with Gasteiger partial charge in [-0.15, -0.1) is 0 Å². The van der Waals surface area contributed by atoms with Crippen LogP contribution in [0.25, 0.3) is 0 Å². The summed E-state index contributed by atoms with van der Waals surface area (Å²) in [5.74, 6) is 0.347. The van der Waals surface area contributed by atoms with Crippen molar-refractivity contribution in [3.63, 3.8) is 0 Å². The number of likely N-dealkylation sites (N-methyl/N-ethyl adjacent to an activating group) is 1. The lowest BCUT2D eigenvalue weighted by Crippen LogP contribution is -2.49. The number of amides is 1. The van der Waals surface area contributed by atoms with Crippen LogP contribution in [-0.4, -0.2) is 66.7 Å². The Morgan fingerprint density at radius 2 is 2.05 bits per heavy atom. The lowest BCUT2D eigenvalue weighted by atomic mass is 9.82. The molecular weight excluding hydrogens is 292 g/mol. The van der Waals surface area contributed by atoms with Crippen molar-refractivity contribution in [2.75, 3.05) is 25.9 Å². The first-order chi connectivity index (χ1) is 9.85. The van der Waals surface area contributed by atoms with E-state index in [1.165, 1.54) is 4.31 Å². The van der Waals surface area contributed by atoms with Gasteiger partial charge in [0, 0.05) is 20.1 Å². The van der Waals surface area contributed by atoms with Crippen molar-refractivity contribution >= 4 is 15.9 Å². The lowest BCUT2D eigenvalue weighted by molar-refractivity contribution is -0.134. The molecule has 0 bridgehead atoms. The van der Waals surface area contributed by atoms with Crippen LogP contribution in [0.5, 0.6) is 0 Å². The average molecular weight is 318 g/mol. The topological polar surface area (TPSA) is 77.9 Å². The molecule has 1 N–H and O–H groups in total. The molecule has 2 fully saturated rings. The molecule has 21 heavy (non-hydrogen) atoms. The highest BCUT2D eigenvalue weighted by Crippen LogP contribution is 2.29. The number of hydrogen-bond donors (Lipinski definition) is 1. The number of hydrogen-bond acceptors (Lipinski definition) is 4. The van der Waals surface area contributed by atoms with E-state index in [2.05, 4.69) is 0 Å². The summed E-state index contributed by atoms with van der Waals surface area (Å²) in [5, 5.41) is 9.30. The molecule has 7 heteroatoms. The monoisotopic (exact) mass is 318 g/mol. The van der Waals surface area contributed by atoms with E-state index in [0.717, 1.165) is 19.3 Å².